The number of anilines is 1. The molecule has 6 heteroatoms. The number of nitrogens with two attached hydrogens (primary N) is 1. The van der Waals surface area contributed by atoms with Crippen molar-refractivity contribution < 1.29 is 19.4 Å². The highest BCUT2D eigenvalue weighted by atomic mass is 16.5. The lowest BCUT2D eigenvalue weighted by Crippen LogP contribution is -2.22. The van der Waals surface area contributed by atoms with E-state index in [-0.39, 0.29) is 13.2 Å². The van der Waals surface area contributed by atoms with Crippen LogP contribution >= 0.6 is 0 Å². The minimum atomic E-state index is -0.568. The van der Waals surface area contributed by atoms with E-state index in [4.69, 9.17) is 15.6 Å². The molecule has 0 saturated heterocycles. The van der Waals surface area contributed by atoms with Gasteiger partial charge in [-0.1, -0.05) is 6.07 Å². The van der Waals surface area contributed by atoms with Gasteiger partial charge < -0.3 is 20.9 Å². The Hall–Kier alpha value is -2.86. The number of amides is 1. The normalized spacial score (nSPS) is 14.0. The Kier molecular flexibility index (Phi) is 4.12. The predicted octanol–water partition coefficient (Wildman–Crippen LogP) is 2.05. The first-order chi connectivity index (χ1) is 12.7. The molecule has 0 radical (unpaired) electrons. The van der Waals surface area contributed by atoms with Gasteiger partial charge in [0.25, 0.3) is 0 Å². The molecule has 0 bridgehead atoms. The standard InChI is InChI=1S/C20H20N2O4/c21-20(25)18-12-4-1-3-11(12)13-9-22-15-5-2-6-16(26-8-7-23)19(15)17(13)14(18)10-24/h2,5-6,10,22-23H,1,3-4,7-9H2,(H2,21,25). The van der Waals surface area contributed by atoms with Gasteiger partial charge in [-0.15, -0.1) is 0 Å². The van der Waals surface area contributed by atoms with Gasteiger partial charge in [0.1, 0.15) is 12.4 Å². The maximum absolute atomic E-state index is 12.2. The molecule has 1 amide bonds. The first kappa shape index (κ1) is 16.6. The number of ether oxygens (including phenoxy) is 1. The highest BCUT2D eigenvalue weighted by Crippen LogP contribution is 2.47. The molecule has 1 aliphatic heterocycles. The molecule has 2 aromatic carbocycles. The zero-order chi connectivity index (χ0) is 18.3. The Labute approximate surface area is 151 Å². The summed E-state index contributed by atoms with van der Waals surface area (Å²) in [5, 5.41) is 12.5. The van der Waals surface area contributed by atoms with Crippen LogP contribution in [-0.2, 0) is 19.4 Å². The van der Waals surface area contributed by atoms with Gasteiger partial charge in [0.2, 0.25) is 5.91 Å². The fourth-order valence-electron chi connectivity index (χ4n) is 4.23. The molecule has 0 fully saturated rings. The van der Waals surface area contributed by atoms with Crippen molar-refractivity contribution >= 4 is 17.9 Å². The first-order valence-electron chi connectivity index (χ1n) is 8.73. The molecule has 0 saturated carbocycles. The van der Waals surface area contributed by atoms with Crippen LogP contribution in [-0.4, -0.2) is 30.5 Å². The Bertz CT molecular complexity index is 921. The van der Waals surface area contributed by atoms with Crippen LogP contribution in [0.5, 0.6) is 5.75 Å². The summed E-state index contributed by atoms with van der Waals surface area (Å²) < 4.78 is 5.71. The number of nitrogens with one attached hydrogen (secondary N) is 1. The van der Waals surface area contributed by atoms with Crippen molar-refractivity contribution in [3.63, 3.8) is 0 Å². The Morgan fingerprint density at radius 3 is 2.77 bits per heavy atom. The Balaban J connectivity index is 2.06. The van der Waals surface area contributed by atoms with E-state index in [0.717, 1.165) is 59.1 Å². The van der Waals surface area contributed by atoms with E-state index in [1.165, 1.54) is 0 Å². The Morgan fingerprint density at radius 2 is 2.04 bits per heavy atom. The monoisotopic (exact) mass is 352 g/mol. The number of primary amides is 1. The molecule has 0 unspecified atom stereocenters. The molecule has 26 heavy (non-hydrogen) atoms. The van der Waals surface area contributed by atoms with Crippen LogP contribution < -0.4 is 15.8 Å². The summed E-state index contributed by atoms with van der Waals surface area (Å²) in [4.78, 5) is 24.2. The summed E-state index contributed by atoms with van der Waals surface area (Å²) in [7, 11) is 0. The summed E-state index contributed by atoms with van der Waals surface area (Å²) in [6.07, 6.45) is 3.31. The molecular formula is C20H20N2O4. The fourth-order valence-corrected chi connectivity index (χ4v) is 4.23. The molecule has 4 rings (SSSR count). The van der Waals surface area contributed by atoms with E-state index in [1.54, 1.807) is 6.07 Å². The number of hydrogen-bond acceptors (Lipinski definition) is 5. The summed E-state index contributed by atoms with van der Waals surface area (Å²) in [6.45, 7) is 0.630. The van der Waals surface area contributed by atoms with Gasteiger partial charge in [-0.25, -0.2) is 0 Å². The largest absolute Gasteiger partial charge is 0.490 e. The molecule has 134 valence electrons. The van der Waals surface area contributed by atoms with E-state index < -0.39 is 5.91 Å². The summed E-state index contributed by atoms with van der Waals surface area (Å²) in [6, 6.07) is 5.57. The van der Waals surface area contributed by atoms with Crippen LogP contribution in [0, 0.1) is 0 Å². The third-order valence-electron chi connectivity index (χ3n) is 5.17. The van der Waals surface area contributed by atoms with Crippen LogP contribution in [0.25, 0.3) is 11.1 Å². The molecule has 1 aliphatic carbocycles. The van der Waals surface area contributed by atoms with Crippen molar-refractivity contribution in [2.45, 2.75) is 25.8 Å². The molecule has 0 atom stereocenters. The van der Waals surface area contributed by atoms with E-state index in [1.807, 2.05) is 12.1 Å². The van der Waals surface area contributed by atoms with Crippen LogP contribution in [0.1, 0.15) is 43.8 Å². The number of aliphatic hydroxyl groups excluding tert-OH is 1. The third kappa shape index (κ3) is 2.37. The van der Waals surface area contributed by atoms with Crippen LogP contribution in [0.15, 0.2) is 18.2 Å². The van der Waals surface area contributed by atoms with E-state index in [9.17, 15) is 9.59 Å². The average molecular weight is 352 g/mol. The second-order valence-electron chi connectivity index (χ2n) is 6.54. The maximum atomic E-state index is 12.2. The van der Waals surface area contributed by atoms with E-state index in [2.05, 4.69) is 5.32 Å². The van der Waals surface area contributed by atoms with Crippen LogP contribution in [0.4, 0.5) is 5.69 Å². The van der Waals surface area contributed by atoms with Gasteiger partial charge in [-0.3, -0.25) is 9.59 Å². The second kappa shape index (κ2) is 6.46. The number of benzene rings is 2. The van der Waals surface area contributed by atoms with Crippen molar-refractivity contribution in [3.8, 4) is 16.9 Å². The summed E-state index contributed by atoms with van der Waals surface area (Å²) in [5.74, 6) is 0.00311. The number of carbonyl (C=O) groups is 2. The van der Waals surface area contributed by atoms with Crippen molar-refractivity contribution in [2.24, 2.45) is 5.73 Å². The predicted molar refractivity (Wildman–Crippen MR) is 97.7 cm³/mol. The zero-order valence-electron chi connectivity index (χ0n) is 14.3. The van der Waals surface area contributed by atoms with Crippen molar-refractivity contribution in [2.75, 3.05) is 18.5 Å². The molecule has 2 aliphatic rings. The van der Waals surface area contributed by atoms with Gasteiger partial charge in [0.15, 0.2) is 6.29 Å². The second-order valence-corrected chi connectivity index (χ2v) is 6.54. The highest BCUT2D eigenvalue weighted by molar-refractivity contribution is 6.09. The number of hydrogen-bond donors (Lipinski definition) is 3. The van der Waals surface area contributed by atoms with E-state index >= 15 is 0 Å². The minimum absolute atomic E-state index is 0.110. The number of aldehydes is 1. The van der Waals surface area contributed by atoms with Gasteiger partial charge in [-0.05, 0) is 48.1 Å². The number of fused-ring (bicyclic) bond motifs is 5. The molecule has 6 nitrogen and oxygen atoms in total. The lowest BCUT2D eigenvalue weighted by molar-refractivity contribution is 0.0992. The smallest absolute Gasteiger partial charge is 0.249 e. The topological polar surface area (TPSA) is 102 Å². The highest BCUT2D eigenvalue weighted by Gasteiger charge is 2.32. The first-order valence-corrected chi connectivity index (χ1v) is 8.73. The molecule has 0 aromatic heterocycles. The molecule has 2 aromatic rings. The van der Waals surface area contributed by atoms with E-state index in [0.29, 0.717) is 23.4 Å². The Morgan fingerprint density at radius 1 is 1.23 bits per heavy atom. The lowest BCUT2D eigenvalue weighted by Gasteiger charge is -2.28. The van der Waals surface area contributed by atoms with Crippen molar-refractivity contribution in [1.82, 2.24) is 0 Å². The summed E-state index contributed by atoms with van der Waals surface area (Å²) in [5.41, 5.74) is 11.7. The quantitative estimate of drug-likeness (QED) is 0.715. The van der Waals surface area contributed by atoms with Gasteiger partial charge >= 0.3 is 0 Å². The molecule has 1 heterocycles. The maximum Gasteiger partial charge on any atom is 0.249 e. The average Bonchev–Trinajstić information content (AvgIpc) is 3.13. The lowest BCUT2D eigenvalue weighted by atomic mass is 9.82. The SMILES string of the molecule is NC(=O)c1c(C=O)c2c(c3c1CCC3)CNc1cccc(OCCO)c1-2. The molecule has 4 N–H and O–H groups in total. The van der Waals surface area contributed by atoms with Crippen molar-refractivity contribution in [3.05, 3.63) is 46.0 Å². The van der Waals surface area contributed by atoms with Crippen molar-refractivity contribution in [1.29, 1.82) is 0 Å². The third-order valence-corrected chi connectivity index (χ3v) is 5.17. The van der Waals surface area contributed by atoms with Crippen LogP contribution in [0.2, 0.25) is 0 Å². The van der Waals surface area contributed by atoms with Gasteiger partial charge in [0, 0.05) is 28.9 Å². The number of carbonyl (C=O) groups excluding carboxylic acids is 2. The van der Waals surface area contributed by atoms with Gasteiger partial charge in [-0.2, -0.15) is 0 Å². The number of rotatable bonds is 5. The molecular weight excluding hydrogens is 332 g/mol. The zero-order valence-corrected chi connectivity index (χ0v) is 14.3. The number of aliphatic hydroxyl groups is 1. The summed E-state index contributed by atoms with van der Waals surface area (Å²) >= 11 is 0. The van der Waals surface area contributed by atoms with Crippen LogP contribution in [0.3, 0.4) is 0 Å². The van der Waals surface area contributed by atoms with Gasteiger partial charge in [0.05, 0.1) is 12.2 Å². The molecule has 0 spiro atoms. The fraction of sp³-hybridized carbons (Fsp3) is 0.300. The minimum Gasteiger partial charge on any atom is -0.490 e.